The Bertz CT molecular complexity index is 657. The number of hydrogen-bond acceptors (Lipinski definition) is 4. The number of hydrogen-bond donors (Lipinski definition) is 1. The van der Waals surface area contributed by atoms with Crippen molar-refractivity contribution in [2.45, 2.75) is 6.54 Å². The minimum atomic E-state index is -0.154. The van der Waals surface area contributed by atoms with Gasteiger partial charge in [0.2, 0.25) is 0 Å². The second kappa shape index (κ2) is 7.17. The third kappa shape index (κ3) is 4.13. The molecule has 5 heteroatoms. The molecule has 0 fully saturated rings. The molecule has 1 N–H and O–H groups in total. The molecule has 0 radical (unpaired) electrons. The summed E-state index contributed by atoms with van der Waals surface area (Å²) in [4.78, 5) is 13.8. The fraction of sp³-hybridized carbons (Fsp3) is 0.188. The summed E-state index contributed by atoms with van der Waals surface area (Å²) >= 11 is 0. The van der Waals surface area contributed by atoms with Crippen molar-refractivity contribution in [1.29, 1.82) is 0 Å². The van der Waals surface area contributed by atoms with E-state index in [1.807, 2.05) is 24.3 Å². The highest BCUT2D eigenvalue weighted by molar-refractivity contribution is 5.93. The van der Waals surface area contributed by atoms with Crippen LogP contribution in [0.25, 0.3) is 0 Å². The van der Waals surface area contributed by atoms with Crippen LogP contribution in [0.1, 0.15) is 21.5 Å². The van der Waals surface area contributed by atoms with Gasteiger partial charge >= 0.3 is 0 Å². The molecule has 0 aliphatic heterocycles. The number of rotatable bonds is 3. The van der Waals surface area contributed by atoms with Gasteiger partial charge in [-0.15, -0.1) is 0 Å². The van der Waals surface area contributed by atoms with E-state index in [-0.39, 0.29) is 12.5 Å². The van der Waals surface area contributed by atoms with E-state index in [0.717, 1.165) is 11.1 Å². The lowest BCUT2D eigenvalue weighted by Crippen LogP contribution is -2.26. The van der Waals surface area contributed by atoms with Crippen LogP contribution in [0.2, 0.25) is 0 Å². The average molecular weight is 281 g/mol. The fourth-order valence-electron chi connectivity index (χ4n) is 1.82. The summed E-state index contributed by atoms with van der Waals surface area (Å²) in [7, 11) is 1.74. The van der Waals surface area contributed by atoms with Crippen molar-refractivity contribution in [3.05, 3.63) is 59.4 Å². The Morgan fingerprint density at radius 1 is 1.24 bits per heavy atom. The van der Waals surface area contributed by atoms with E-state index in [1.54, 1.807) is 18.0 Å². The lowest BCUT2D eigenvalue weighted by molar-refractivity contribution is 0.0784. The number of aliphatic hydroxyl groups excluding tert-OH is 1. The van der Waals surface area contributed by atoms with Crippen molar-refractivity contribution >= 4 is 5.91 Å². The van der Waals surface area contributed by atoms with Gasteiger partial charge in [-0.2, -0.15) is 10.2 Å². The molecule has 0 unspecified atom stereocenters. The van der Waals surface area contributed by atoms with Gasteiger partial charge in [-0.05, 0) is 23.8 Å². The lowest BCUT2D eigenvalue weighted by atomic mass is 10.1. The van der Waals surface area contributed by atoms with Gasteiger partial charge in [0.15, 0.2) is 0 Å². The van der Waals surface area contributed by atoms with E-state index in [2.05, 4.69) is 22.0 Å². The standard InChI is InChI=1S/C16H15N3O2/c1-19(16(21)15-8-9-17-18-11-15)12-14-6-4-13(5-7-14)3-2-10-20/h4-9,11,20H,10,12H2,1H3. The van der Waals surface area contributed by atoms with E-state index in [0.29, 0.717) is 12.1 Å². The first-order valence-electron chi connectivity index (χ1n) is 6.41. The quantitative estimate of drug-likeness (QED) is 0.855. The number of aromatic nitrogens is 2. The van der Waals surface area contributed by atoms with Crippen LogP contribution in [0.3, 0.4) is 0 Å². The molecule has 5 nitrogen and oxygen atoms in total. The molecule has 2 rings (SSSR count). The summed E-state index contributed by atoms with van der Waals surface area (Å²) in [5, 5.41) is 16.0. The highest BCUT2D eigenvalue weighted by Gasteiger charge is 2.11. The number of benzene rings is 1. The maximum absolute atomic E-state index is 12.2. The highest BCUT2D eigenvalue weighted by Crippen LogP contribution is 2.08. The van der Waals surface area contributed by atoms with Crippen LogP contribution >= 0.6 is 0 Å². The van der Waals surface area contributed by atoms with Crippen molar-refractivity contribution in [2.75, 3.05) is 13.7 Å². The predicted molar refractivity (Wildman–Crippen MR) is 78.2 cm³/mol. The van der Waals surface area contributed by atoms with Crippen LogP contribution < -0.4 is 0 Å². The molecule has 1 heterocycles. The molecule has 2 aromatic rings. The molecule has 0 spiro atoms. The Morgan fingerprint density at radius 2 is 2.00 bits per heavy atom. The predicted octanol–water partition coefficient (Wildman–Crippen LogP) is 1.09. The smallest absolute Gasteiger partial charge is 0.255 e. The van der Waals surface area contributed by atoms with Crippen molar-refractivity contribution in [1.82, 2.24) is 15.1 Å². The van der Waals surface area contributed by atoms with Crippen LogP contribution in [0.5, 0.6) is 0 Å². The number of nitrogens with zero attached hydrogens (tertiary/aromatic N) is 3. The van der Waals surface area contributed by atoms with Crippen molar-refractivity contribution in [3.8, 4) is 11.8 Å². The first kappa shape index (κ1) is 14.7. The van der Waals surface area contributed by atoms with Gasteiger partial charge in [0.05, 0.1) is 18.0 Å². The van der Waals surface area contributed by atoms with E-state index in [9.17, 15) is 4.79 Å². The Balaban J connectivity index is 2.02. The van der Waals surface area contributed by atoms with Crippen LogP contribution in [-0.2, 0) is 6.54 Å². The average Bonchev–Trinajstić information content (AvgIpc) is 2.54. The highest BCUT2D eigenvalue weighted by atomic mass is 16.2. The zero-order valence-corrected chi connectivity index (χ0v) is 11.7. The zero-order valence-electron chi connectivity index (χ0n) is 11.7. The van der Waals surface area contributed by atoms with Gasteiger partial charge in [-0.1, -0.05) is 24.0 Å². The second-order valence-corrected chi connectivity index (χ2v) is 4.45. The summed E-state index contributed by atoms with van der Waals surface area (Å²) in [5.41, 5.74) is 2.35. The summed E-state index contributed by atoms with van der Waals surface area (Å²) in [5.74, 6) is 5.32. The molecule has 0 bridgehead atoms. The first-order valence-corrected chi connectivity index (χ1v) is 6.41. The molecule has 0 atom stereocenters. The Morgan fingerprint density at radius 3 is 2.62 bits per heavy atom. The third-order valence-corrected chi connectivity index (χ3v) is 2.86. The summed E-state index contributed by atoms with van der Waals surface area (Å²) in [6, 6.07) is 9.19. The van der Waals surface area contributed by atoms with Gasteiger partial charge < -0.3 is 10.0 Å². The normalized spacial score (nSPS) is 9.62. The van der Waals surface area contributed by atoms with Crippen molar-refractivity contribution in [3.63, 3.8) is 0 Å². The van der Waals surface area contributed by atoms with Gasteiger partial charge in [0.1, 0.15) is 6.61 Å². The van der Waals surface area contributed by atoms with E-state index < -0.39 is 0 Å². The van der Waals surface area contributed by atoms with Gasteiger partial charge in [0, 0.05) is 19.2 Å². The number of carbonyl (C=O) groups excluding carboxylic acids is 1. The molecular formula is C16H15N3O2. The van der Waals surface area contributed by atoms with Crippen molar-refractivity contribution in [2.24, 2.45) is 0 Å². The van der Waals surface area contributed by atoms with Gasteiger partial charge in [-0.3, -0.25) is 4.79 Å². The molecule has 1 aromatic heterocycles. The second-order valence-electron chi connectivity index (χ2n) is 4.45. The Labute approximate surface area is 123 Å². The monoisotopic (exact) mass is 281 g/mol. The largest absolute Gasteiger partial charge is 0.384 e. The number of amides is 1. The molecule has 1 aromatic carbocycles. The number of aliphatic hydroxyl groups is 1. The van der Waals surface area contributed by atoms with Crippen molar-refractivity contribution < 1.29 is 9.90 Å². The third-order valence-electron chi connectivity index (χ3n) is 2.86. The summed E-state index contributed by atoms with van der Waals surface area (Å²) < 4.78 is 0. The molecule has 106 valence electrons. The lowest BCUT2D eigenvalue weighted by Gasteiger charge is -2.17. The zero-order chi connectivity index (χ0) is 15.1. The van der Waals surface area contributed by atoms with Gasteiger partial charge in [0.25, 0.3) is 5.91 Å². The Hall–Kier alpha value is -2.71. The van der Waals surface area contributed by atoms with Crippen LogP contribution in [0.4, 0.5) is 0 Å². The SMILES string of the molecule is CN(Cc1ccc(C#CCO)cc1)C(=O)c1ccnnc1. The molecule has 0 aliphatic carbocycles. The minimum Gasteiger partial charge on any atom is -0.384 e. The van der Waals surface area contributed by atoms with Gasteiger partial charge in [-0.25, -0.2) is 0 Å². The van der Waals surface area contributed by atoms with Crippen LogP contribution in [-0.4, -0.2) is 39.8 Å². The summed E-state index contributed by atoms with van der Waals surface area (Å²) in [6.45, 7) is 0.341. The minimum absolute atomic E-state index is 0.103. The molecule has 0 saturated heterocycles. The Kier molecular flexibility index (Phi) is 5.02. The molecule has 21 heavy (non-hydrogen) atoms. The molecule has 0 saturated carbocycles. The van der Waals surface area contributed by atoms with E-state index in [1.165, 1.54) is 12.4 Å². The van der Waals surface area contributed by atoms with Crippen LogP contribution in [0.15, 0.2) is 42.7 Å². The van der Waals surface area contributed by atoms with Crippen LogP contribution in [0, 0.1) is 11.8 Å². The van der Waals surface area contributed by atoms with E-state index >= 15 is 0 Å². The molecule has 1 amide bonds. The van der Waals surface area contributed by atoms with E-state index in [4.69, 9.17) is 5.11 Å². The number of carbonyl (C=O) groups is 1. The molecular weight excluding hydrogens is 266 g/mol. The fourth-order valence-corrected chi connectivity index (χ4v) is 1.82. The maximum atomic E-state index is 12.2. The topological polar surface area (TPSA) is 66.3 Å². The molecule has 0 aliphatic rings. The summed E-state index contributed by atoms with van der Waals surface area (Å²) in [6.07, 6.45) is 2.95. The first-order chi connectivity index (χ1) is 10.2. The maximum Gasteiger partial charge on any atom is 0.255 e.